The molecule has 2 aliphatic carbocycles. The molecule has 2 heterocycles. The predicted molar refractivity (Wildman–Crippen MR) is 300 cm³/mol. The summed E-state index contributed by atoms with van der Waals surface area (Å²) in [5.41, 5.74) is 26.6. The molecule has 8 aromatic rings. The first-order chi connectivity index (χ1) is 33.4. The Morgan fingerprint density at radius 2 is 0.886 bits per heavy atom. The summed E-state index contributed by atoms with van der Waals surface area (Å²) in [5.74, 6) is 0. The van der Waals surface area contributed by atoms with Gasteiger partial charge in [-0.3, -0.25) is 0 Å². The molecule has 0 aromatic heterocycles. The van der Waals surface area contributed by atoms with Gasteiger partial charge in [0.2, 0.25) is 0 Å². The van der Waals surface area contributed by atoms with E-state index < -0.39 is 0 Å². The third kappa shape index (κ3) is 7.40. The fraction of sp³-hybridized carbons (Fsp3) is 0.273. The maximum Gasteiger partial charge on any atom is 0.252 e. The number of anilines is 9. The highest BCUT2D eigenvalue weighted by Gasteiger charge is 2.46. The molecule has 0 atom stereocenters. The van der Waals surface area contributed by atoms with E-state index in [1.165, 1.54) is 95.0 Å². The highest BCUT2D eigenvalue weighted by Crippen LogP contribution is 2.51. The zero-order valence-corrected chi connectivity index (χ0v) is 42.9. The number of rotatable bonds is 6. The van der Waals surface area contributed by atoms with Crippen molar-refractivity contribution in [2.24, 2.45) is 10.8 Å². The van der Waals surface area contributed by atoms with Crippen molar-refractivity contribution in [1.29, 1.82) is 0 Å². The Balaban J connectivity index is 1.12. The van der Waals surface area contributed by atoms with Crippen LogP contribution in [-0.2, 0) is 36.5 Å². The van der Waals surface area contributed by atoms with Crippen LogP contribution in [0.3, 0.4) is 0 Å². The van der Waals surface area contributed by atoms with Crippen LogP contribution < -0.4 is 31.1 Å². The van der Waals surface area contributed by atoms with E-state index in [1.807, 2.05) is 0 Å². The topological polar surface area (TPSA) is 9.72 Å². The van der Waals surface area contributed by atoms with Crippen LogP contribution >= 0.6 is 0 Å². The first-order valence-electron chi connectivity index (χ1n) is 25.7. The van der Waals surface area contributed by atoms with E-state index in [-0.39, 0.29) is 28.4 Å². The van der Waals surface area contributed by atoms with Crippen molar-refractivity contribution >= 4 is 74.3 Å². The fourth-order valence-electron chi connectivity index (χ4n) is 12.6. The van der Waals surface area contributed by atoms with Crippen LogP contribution in [0.25, 0.3) is 11.1 Å². The molecule has 348 valence electrons. The van der Waals surface area contributed by atoms with Crippen LogP contribution in [0.2, 0.25) is 0 Å². The number of hydrogen-bond donors (Lipinski definition) is 0. The summed E-state index contributed by atoms with van der Waals surface area (Å²) in [5, 5.41) is 0. The minimum absolute atomic E-state index is 0.00959. The van der Waals surface area contributed by atoms with Gasteiger partial charge in [-0.15, -0.1) is 0 Å². The third-order valence-corrected chi connectivity index (χ3v) is 16.0. The molecule has 0 saturated heterocycles. The van der Waals surface area contributed by atoms with Gasteiger partial charge in [0.15, 0.2) is 0 Å². The van der Waals surface area contributed by atoms with Gasteiger partial charge in [-0.25, -0.2) is 0 Å². The standard InChI is InChI=1S/C66H66BN3/c1-63(2,3)47-27-32-50(33-28-47)68(49-30-25-44(26-31-49)43-17-12-11-13-18-43)51-34-36-58-55(38-51)67-54-35-29-48(64(4,5)6)37-61(54)70(57-22-15-20-46-40-66(9,10)42-53(46)57)60-24-16-23-59(62(60)67)69(58)56-21-14-19-45-39-65(7,8)41-52(45)56/h11-38H,39-42H2,1-10H3. The molecule has 0 unspecified atom stereocenters. The number of benzene rings is 8. The first-order valence-corrected chi connectivity index (χ1v) is 25.7. The molecule has 0 bridgehead atoms. The molecule has 0 fully saturated rings. The average molecular weight is 912 g/mol. The second-order valence-corrected chi connectivity index (χ2v) is 24.5. The van der Waals surface area contributed by atoms with Crippen LogP contribution in [-0.4, -0.2) is 6.71 Å². The van der Waals surface area contributed by atoms with Crippen molar-refractivity contribution in [2.45, 2.75) is 106 Å². The van der Waals surface area contributed by atoms with Gasteiger partial charge in [0, 0.05) is 51.2 Å². The van der Waals surface area contributed by atoms with E-state index in [0.29, 0.717) is 0 Å². The van der Waals surface area contributed by atoms with Crippen LogP contribution in [0, 0.1) is 10.8 Å². The van der Waals surface area contributed by atoms with E-state index in [4.69, 9.17) is 0 Å². The maximum atomic E-state index is 2.67. The van der Waals surface area contributed by atoms with Gasteiger partial charge < -0.3 is 14.7 Å². The predicted octanol–water partition coefficient (Wildman–Crippen LogP) is 15.8. The van der Waals surface area contributed by atoms with E-state index in [9.17, 15) is 0 Å². The molecule has 0 saturated carbocycles. The van der Waals surface area contributed by atoms with E-state index >= 15 is 0 Å². The van der Waals surface area contributed by atoms with E-state index in [0.717, 1.165) is 42.7 Å². The van der Waals surface area contributed by atoms with E-state index in [1.54, 1.807) is 0 Å². The molecule has 4 aliphatic rings. The Hall–Kier alpha value is -6.78. The normalized spacial score (nSPS) is 16.1. The Morgan fingerprint density at radius 1 is 0.400 bits per heavy atom. The monoisotopic (exact) mass is 912 g/mol. The highest BCUT2D eigenvalue weighted by atomic mass is 15.2. The SMILES string of the molecule is CC1(C)Cc2cccc(N3c4ccc(N(c5ccc(-c6ccccc6)cc5)c5ccc(C(C)(C)C)cc5)cc4B4c5ccc(C(C)(C)C)cc5N(c5cccc6c5CC(C)(C)C6)c5cccc3c54)c2C1. The quantitative estimate of drug-likeness (QED) is 0.154. The smallest absolute Gasteiger partial charge is 0.252 e. The summed E-state index contributed by atoms with van der Waals surface area (Å²) in [7, 11) is 0. The molecule has 4 heteroatoms. The fourth-order valence-corrected chi connectivity index (χ4v) is 12.6. The summed E-state index contributed by atoms with van der Waals surface area (Å²) in [6.45, 7) is 23.7. The zero-order valence-electron chi connectivity index (χ0n) is 42.9. The maximum absolute atomic E-state index is 2.67. The molecule has 0 spiro atoms. The summed E-state index contributed by atoms with van der Waals surface area (Å²) in [6.07, 6.45) is 4.29. The van der Waals surface area contributed by atoms with Crippen molar-refractivity contribution in [2.75, 3.05) is 14.7 Å². The third-order valence-electron chi connectivity index (χ3n) is 16.0. The molecule has 0 radical (unpaired) electrons. The van der Waals surface area contributed by atoms with Crippen molar-refractivity contribution in [1.82, 2.24) is 0 Å². The summed E-state index contributed by atoms with van der Waals surface area (Å²) in [4.78, 5) is 7.80. The molecular weight excluding hydrogens is 846 g/mol. The van der Waals surface area contributed by atoms with Gasteiger partial charge in [-0.05, 0) is 181 Å². The van der Waals surface area contributed by atoms with Gasteiger partial charge in [0.25, 0.3) is 6.71 Å². The van der Waals surface area contributed by atoms with Gasteiger partial charge in [-0.1, -0.05) is 166 Å². The van der Waals surface area contributed by atoms with Crippen molar-refractivity contribution in [3.63, 3.8) is 0 Å². The molecule has 0 N–H and O–H groups in total. The van der Waals surface area contributed by atoms with Crippen LogP contribution in [0.1, 0.15) is 103 Å². The lowest BCUT2D eigenvalue weighted by Gasteiger charge is -2.45. The lowest BCUT2D eigenvalue weighted by Crippen LogP contribution is -2.61. The second-order valence-electron chi connectivity index (χ2n) is 24.5. The molecular formula is C66H66BN3. The Kier molecular flexibility index (Phi) is 10.1. The van der Waals surface area contributed by atoms with Gasteiger partial charge in [-0.2, -0.15) is 0 Å². The van der Waals surface area contributed by atoms with Crippen molar-refractivity contribution in [3.8, 4) is 11.1 Å². The minimum Gasteiger partial charge on any atom is -0.311 e. The molecule has 0 amide bonds. The van der Waals surface area contributed by atoms with Gasteiger partial charge in [0.05, 0.1) is 0 Å². The highest BCUT2D eigenvalue weighted by molar-refractivity contribution is 7.00. The summed E-state index contributed by atoms with van der Waals surface area (Å²) < 4.78 is 0. The van der Waals surface area contributed by atoms with Crippen molar-refractivity contribution < 1.29 is 0 Å². The van der Waals surface area contributed by atoms with E-state index in [2.05, 4.69) is 254 Å². The number of fused-ring (bicyclic) bond motifs is 6. The number of nitrogens with zero attached hydrogens (tertiary/aromatic N) is 3. The van der Waals surface area contributed by atoms with Crippen LogP contribution in [0.5, 0.6) is 0 Å². The Bertz CT molecular complexity index is 3350. The van der Waals surface area contributed by atoms with Crippen molar-refractivity contribution in [3.05, 3.63) is 203 Å². The Labute approximate surface area is 417 Å². The Morgan fingerprint density at radius 3 is 1.46 bits per heavy atom. The average Bonchev–Trinajstić information content (AvgIpc) is 3.84. The van der Waals surface area contributed by atoms with Crippen LogP contribution in [0.15, 0.2) is 170 Å². The lowest BCUT2D eigenvalue weighted by molar-refractivity contribution is 0.392. The molecule has 3 nitrogen and oxygen atoms in total. The number of hydrogen-bond acceptors (Lipinski definition) is 3. The summed E-state index contributed by atoms with van der Waals surface area (Å²) >= 11 is 0. The molecule has 2 aliphatic heterocycles. The van der Waals surface area contributed by atoms with Gasteiger partial charge >= 0.3 is 0 Å². The molecule has 70 heavy (non-hydrogen) atoms. The molecule has 8 aromatic carbocycles. The first kappa shape index (κ1) is 44.4. The largest absolute Gasteiger partial charge is 0.311 e. The van der Waals surface area contributed by atoms with Gasteiger partial charge in [0.1, 0.15) is 0 Å². The second kappa shape index (κ2) is 15.9. The zero-order chi connectivity index (χ0) is 48.5. The lowest BCUT2D eigenvalue weighted by atomic mass is 9.33. The summed E-state index contributed by atoms with van der Waals surface area (Å²) in [6, 6.07) is 65.3. The minimum atomic E-state index is -0.0293. The van der Waals surface area contributed by atoms with Crippen LogP contribution in [0.4, 0.5) is 51.2 Å². The molecule has 12 rings (SSSR count).